The van der Waals surface area contributed by atoms with Gasteiger partial charge in [-0.3, -0.25) is 14.5 Å². The van der Waals surface area contributed by atoms with E-state index in [1.807, 2.05) is 30.3 Å². The Morgan fingerprint density at radius 2 is 1.65 bits per heavy atom. The van der Waals surface area contributed by atoms with E-state index in [0.29, 0.717) is 11.3 Å². The van der Waals surface area contributed by atoms with Crippen molar-refractivity contribution in [3.8, 4) is 0 Å². The minimum atomic E-state index is -0.491. The first kappa shape index (κ1) is 15.0. The number of hydrogen-bond acceptors (Lipinski definition) is 4. The zero-order chi connectivity index (χ0) is 16.2. The summed E-state index contributed by atoms with van der Waals surface area (Å²) in [6.45, 7) is 0.172. The van der Waals surface area contributed by atoms with Crippen molar-refractivity contribution in [2.75, 3.05) is 4.90 Å². The van der Waals surface area contributed by atoms with Gasteiger partial charge >= 0.3 is 5.97 Å². The Bertz CT molecular complexity index is 739. The number of hydrogen-bond donors (Lipinski definition) is 0. The van der Waals surface area contributed by atoms with Gasteiger partial charge in [-0.2, -0.15) is 0 Å². The Labute approximate surface area is 133 Å². The average Bonchev–Trinajstić information content (AvgIpc) is 2.92. The topological polar surface area (TPSA) is 63.7 Å². The molecule has 0 aliphatic carbocycles. The number of benzene rings is 2. The van der Waals surface area contributed by atoms with Crippen LogP contribution in [0.3, 0.4) is 0 Å². The van der Waals surface area contributed by atoms with Crippen molar-refractivity contribution in [1.82, 2.24) is 0 Å². The van der Waals surface area contributed by atoms with Crippen LogP contribution in [0.2, 0.25) is 0 Å². The Balaban J connectivity index is 1.73. The lowest BCUT2D eigenvalue weighted by molar-refractivity contribution is -0.121. The minimum Gasteiger partial charge on any atom is -0.457 e. The first-order valence-corrected chi connectivity index (χ1v) is 7.32. The van der Waals surface area contributed by atoms with Crippen LogP contribution in [0.25, 0.3) is 0 Å². The van der Waals surface area contributed by atoms with Crippen molar-refractivity contribution in [2.45, 2.75) is 19.4 Å². The zero-order valence-electron chi connectivity index (χ0n) is 12.4. The number of carbonyl (C=O) groups is 3. The molecule has 23 heavy (non-hydrogen) atoms. The van der Waals surface area contributed by atoms with E-state index >= 15 is 0 Å². The van der Waals surface area contributed by atoms with Gasteiger partial charge < -0.3 is 4.74 Å². The summed E-state index contributed by atoms with van der Waals surface area (Å²) >= 11 is 0. The number of ether oxygens (including phenoxy) is 1. The summed E-state index contributed by atoms with van der Waals surface area (Å²) in [6.07, 6.45) is 0.420. The predicted molar refractivity (Wildman–Crippen MR) is 83.7 cm³/mol. The molecule has 0 N–H and O–H groups in total. The molecule has 0 saturated carbocycles. The molecule has 1 aliphatic rings. The first-order valence-electron chi connectivity index (χ1n) is 7.32. The smallest absolute Gasteiger partial charge is 0.338 e. The van der Waals surface area contributed by atoms with Gasteiger partial charge in [0, 0.05) is 12.8 Å². The van der Waals surface area contributed by atoms with Gasteiger partial charge in [0.2, 0.25) is 11.8 Å². The Morgan fingerprint density at radius 1 is 0.957 bits per heavy atom. The van der Waals surface area contributed by atoms with Crippen LogP contribution in [-0.4, -0.2) is 17.8 Å². The lowest BCUT2D eigenvalue weighted by Gasteiger charge is -2.14. The summed E-state index contributed by atoms with van der Waals surface area (Å²) < 4.78 is 5.26. The van der Waals surface area contributed by atoms with E-state index in [2.05, 4.69) is 0 Å². The molecule has 0 radical (unpaired) electrons. The number of rotatable bonds is 4. The molecule has 0 bridgehead atoms. The summed E-state index contributed by atoms with van der Waals surface area (Å²) in [4.78, 5) is 36.8. The first-order chi connectivity index (χ1) is 11.1. The van der Waals surface area contributed by atoms with Gasteiger partial charge in [0.15, 0.2) is 0 Å². The zero-order valence-corrected chi connectivity index (χ0v) is 12.4. The molecule has 2 aromatic rings. The number of nitrogens with zero attached hydrogens (tertiary/aromatic N) is 1. The van der Waals surface area contributed by atoms with Crippen LogP contribution in [0.5, 0.6) is 0 Å². The second-order valence-electron chi connectivity index (χ2n) is 5.23. The maximum Gasteiger partial charge on any atom is 0.338 e. The van der Waals surface area contributed by atoms with Crippen LogP contribution in [0.15, 0.2) is 54.6 Å². The third kappa shape index (κ3) is 3.29. The molecule has 116 valence electrons. The van der Waals surface area contributed by atoms with Gasteiger partial charge in [0.05, 0.1) is 11.3 Å². The Morgan fingerprint density at radius 3 is 2.35 bits per heavy atom. The Kier molecular flexibility index (Phi) is 4.19. The van der Waals surface area contributed by atoms with Crippen LogP contribution in [0.4, 0.5) is 5.69 Å². The molecule has 1 heterocycles. The van der Waals surface area contributed by atoms with Gasteiger partial charge in [0.1, 0.15) is 6.61 Å². The van der Waals surface area contributed by atoms with Crippen LogP contribution in [0.1, 0.15) is 28.8 Å². The predicted octanol–water partition coefficient (Wildman–Crippen LogP) is 2.70. The van der Waals surface area contributed by atoms with E-state index in [0.717, 1.165) is 10.5 Å². The van der Waals surface area contributed by atoms with Gasteiger partial charge in [-0.05, 0) is 23.8 Å². The van der Waals surface area contributed by atoms with Crippen molar-refractivity contribution in [3.63, 3.8) is 0 Å². The normalized spacial score (nSPS) is 14.2. The number of imide groups is 1. The third-order valence-electron chi connectivity index (χ3n) is 3.60. The van der Waals surface area contributed by atoms with Crippen molar-refractivity contribution >= 4 is 23.5 Å². The van der Waals surface area contributed by atoms with E-state index in [1.54, 1.807) is 18.2 Å². The van der Waals surface area contributed by atoms with Crippen LogP contribution in [-0.2, 0) is 20.9 Å². The number of carbonyl (C=O) groups excluding carboxylic acids is 3. The molecule has 0 atom stereocenters. The lowest BCUT2D eigenvalue weighted by atomic mass is 10.2. The molecule has 1 fully saturated rings. The fourth-order valence-electron chi connectivity index (χ4n) is 2.44. The monoisotopic (exact) mass is 309 g/mol. The SMILES string of the molecule is O=C(OCc1ccccc1)c1cccc(N2C(=O)CCC2=O)c1. The third-order valence-corrected chi connectivity index (χ3v) is 3.60. The van der Waals surface area contributed by atoms with Gasteiger partial charge in [-0.1, -0.05) is 36.4 Å². The lowest BCUT2D eigenvalue weighted by Crippen LogP contribution is -2.28. The molecule has 0 aromatic heterocycles. The summed E-state index contributed by atoms with van der Waals surface area (Å²) in [5, 5.41) is 0. The fraction of sp³-hybridized carbons (Fsp3) is 0.167. The highest BCUT2D eigenvalue weighted by Crippen LogP contribution is 2.23. The molecule has 2 amide bonds. The molecule has 1 saturated heterocycles. The van der Waals surface area contributed by atoms with Crippen molar-refractivity contribution < 1.29 is 19.1 Å². The van der Waals surface area contributed by atoms with Gasteiger partial charge in [-0.15, -0.1) is 0 Å². The van der Waals surface area contributed by atoms with E-state index in [1.165, 1.54) is 6.07 Å². The molecule has 2 aromatic carbocycles. The molecule has 5 heteroatoms. The fourth-order valence-corrected chi connectivity index (χ4v) is 2.44. The Hall–Kier alpha value is -2.95. The molecule has 1 aliphatic heterocycles. The summed E-state index contributed by atoms with van der Waals surface area (Å²) in [6, 6.07) is 15.7. The summed E-state index contributed by atoms with van der Waals surface area (Å²) in [5.74, 6) is -0.982. The number of amides is 2. The highest BCUT2D eigenvalue weighted by molar-refractivity contribution is 6.20. The molecule has 5 nitrogen and oxygen atoms in total. The van der Waals surface area contributed by atoms with Crippen LogP contribution in [0, 0.1) is 0 Å². The van der Waals surface area contributed by atoms with Crippen molar-refractivity contribution in [3.05, 3.63) is 65.7 Å². The van der Waals surface area contributed by atoms with E-state index < -0.39 is 5.97 Å². The van der Waals surface area contributed by atoms with Crippen LogP contribution >= 0.6 is 0 Å². The molecule has 0 spiro atoms. The molecule has 0 unspecified atom stereocenters. The van der Waals surface area contributed by atoms with Gasteiger partial charge in [0.25, 0.3) is 0 Å². The second-order valence-corrected chi connectivity index (χ2v) is 5.23. The van der Waals surface area contributed by atoms with Crippen molar-refractivity contribution in [1.29, 1.82) is 0 Å². The standard InChI is InChI=1S/C18H15NO4/c20-16-9-10-17(21)19(16)15-8-4-7-14(11-15)18(22)23-12-13-5-2-1-3-6-13/h1-8,11H,9-10,12H2. The van der Waals surface area contributed by atoms with E-state index in [-0.39, 0.29) is 31.3 Å². The summed E-state index contributed by atoms with van der Waals surface area (Å²) in [5.41, 5.74) is 1.61. The molecule has 3 rings (SSSR count). The maximum atomic E-state index is 12.1. The highest BCUT2D eigenvalue weighted by atomic mass is 16.5. The average molecular weight is 309 g/mol. The maximum absolute atomic E-state index is 12.1. The van der Waals surface area contributed by atoms with E-state index in [9.17, 15) is 14.4 Å². The quantitative estimate of drug-likeness (QED) is 0.643. The highest BCUT2D eigenvalue weighted by Gasteiger charge is 2.30. The van der Waals surface area contributed by atoms with E-state index in [4.69, 9.17) is 4.74 Å². The summed E-state index contributed by atoms with van der Waals surface area (Å²) in [7, 11) is 0. The molecular weight excluding hydrogens is 294 g/mol. The van der Waals surface area contributed by atoms with Crippen molar-refractivity contribution in [2.24, 2.45) is 0 Å². The second kappa shape index (κ2) is 6.44. The van der Waals surface area contributed by atoms with Crippen LogP contribution < -0.4 is 4.90 Å². The number of esters is 1. The number of anilines is 1. The largest absolute Gasteiger partial charge is 0.457 e. The minimum absolute atomic E-state index is 0.172. The molecular formula is C18H15NO4. The van der Waals surface area contributed by atoms with Gasteiger partial charge in [-0.25, -0.2) is 4.79 Å².